The number of esters is 1. The maximum Gasteiger partial charge on any atom is 0.361 e. The first-order valence-corrected chi connectivity index (χ1v) is 7.50. The summed E-state index contributed by atoms with van der Waals surface area (Å²) < 4.78 is 6.70. The van der Waals surface area contributed by atoms with Crippen LogP contribution in [0.1, 0.15) is 23.0 Å². The molecule has 0 amide bonds. The topological polar surface area (TPSA) is 57.0 Å². The Bertz CT molecular complexity index is 908. The monoisotopic (exact) mass is 317 g/mol. The summed E-state index contributed by atoms with van der Waals surface area (Å²) in [7, 11) is 0. The predicted octanol–water partition coefficient (Wildman–Crippen LogP) is 3.09. The van der Waals surface area contributed by atoms with Crippen LogP contribution in [0.2, 0.25) is 0 Å². The lowest BCUT2D eigenvalue weighted by Gasteiger charge is -2.08. The molecule has 3 rings (SSSR count). The van der Waals surface area contributed by atoms with Gasteiger partial charge in [0.15, 0.2) is 5.69 Å². The van der Waals surface area contributed by atoms with Gasteiger partial charge in [0, 0.05) is 11.1 Å². The van der Waals surface area contributed by atoms with E-state index in [9.17, 15) is 4.79 Å². The summed E-state index contributed by atoms with van der Waals surface area (Å²) in [6.45, 7) is 2.02. The van der Waals surface area contributed by atoms with E-state index in [4.69, 9.17) is 11.2 Å². The lowest BCUT2D eigenvalue weighted by molar-refractivity contribution is 0.0520. The van der Waals surface area contributed by atoms with Crippen molar-refractivity contribution >= 4 is 5.97 Å². The third kappa shape index (κ3) is 2.90. The minimum absolute atomic E-state index is 0.175. The highest BCUT2D eigenvalue weighted by molar-refractivity contribution is 5.94. The third-order valence-corrected chi connectivity index (χ3v) is 3.44. The predicted molar refractivity (Wildman–Crippen MR) is 90.7 cm³/mol. The van der Waals surface area contributed by atoms with Crippen molar-refractivity contribution in [2.75, 3.05) is 6.61 Å². The van der Waals surface area contributed by atoms with Crippen molar-refractivity contribution in [1.82, 2.24) is 15.0 Å². The molecule has 0 aliphatic carbocycles. The smallest absolute Gasteiger partial charge is 0.361 e. The van der Waals surface area contributed by atoms with Crippen LogP contribution in [0.4, 0.5) is 0 Å². The fraction of sp³-hybridized carbons (Fsp3) is 0.105. The normalized spacial score (nSPS) is 10.2. The Morgan fingerprint density at radius 2 is 2.00 bits per heavy atom. The van der Waals surface area contributed by atoms with E-state index >= 15 is 0 Å². The molecule has 1 heterocycles. The quantitative estimate of drug-likeness (QED) is 0.548. The number of aromatic nitrogens is 3. The van der Waals surface area contributed by atoms with E-state index in [2.05, 4.69) is 16.2 Å². The Kier molecular flexibility index (Phi) is 4.39. The average molecular weight is 317 g/mol. The molecule has 0 aliphatic heterocycles. The highest BCUT2D eigenvalue weighted by Gasteiger charge is 2.23. The van der Waals surface area contributed by atoms with E-state index < -0.39 is 5.97 Å². The molecular formula is C19H15N3O2. The zero-order valence-corrected chi connectivity index (χ0v) is 13.1. The Hall–Kier alpha value is -3.39. The molecule has 1 aromatic heterocycles. The van der Waals surface area contributed by atoms with Gasteiger partial charge in [0.05, 0.1) is 12.3 Å². The van der Waals surface area contributed by atoms with Crippen molar-refractivity contribution in [3.8, 4) is 29.3 Å². The number of hydrogen-bond donors (Lipinski definition) is 0. The van der Waals surface area contributed by atoms with Crippen LogP contribution in [-0.4, -0.2) is 27.6 Å². The van der Waals surface area contributed by atoms with E-state index in [1.165, 1.54) is 0 Å². The third-order valence-electron chi connectivity index (χ3n) is 3.44. The minimum atomic E-state index is -0.504. The van der Waals surface area contributed by atoms with Gasteiger partial charge in [0.25, 0.3) is 0 Å². The minimum Gasteiger partial charge on any atom is -0.461 e. The van der Waals surface area contributed by atoms with Gasteiger partial charge in [-0.2, -0.15) is 0 Å². The van der Waals surface area contributed by atoms with E-state index in [-0.39, 0.29) is 12.3 Å². The molecular weight excluding hydrogens is 302 g/mol. The number of ether oxygens (including phenoxy) is 1. The summed E-state index contributed by atoms with van der Waals surface area (Å²) in [4.78, 5) is 12.2. The van der Waals surface area contributed by atoms with Gasteiger partial charge >= 0.3 is 5.97 Å². The van der Waals surface area contributed by atoms with Crippen molar-refractivity contribution in [1.29, 1.82) is 0 Å². The maximum atomic E-state index is 12.2. The van der Waals surface area contributed by atoms with Gasteiger partial charge in [-0.1, -0.05) is 47.5 Å². The van der Waals surface area contributed by atoms with Crippen molar-refractivity contribution in [3.05, 3.63) is 65.9 Å². The number of benzene rings is 2. The fourth-order valence-electron chi connectivity index (χ4n) is 2.38. The molecule has 0 N–H and O–H groups in total. The second-order valence-corrected chi connectivity index (χ2v) is 4.98. The second kappa shape index (κ2) is 6.80. The van der Waals surface area contributed by atoms with Gasteiger partial charge in [-0.15, -0.1) is 11.5 Å². The number of terminal acetylenes is 1. The van der Waals surface area contributed by atoms with Crippen LogP contribution in [-0.2, 0) is 4.74 Å². The lowest BCUT2D eigenvalue weighted by atomic mass is 10.1. The lowest BCUT2D eigenvalue weighted by Crippen LogP contribution is -2.08. The van der Waals surface area contributed by atoms with Gasteiger partial charge in [0.1, 0.15) is 5.69 Å². The molecule has 118 valence electrons. The van der Waals surface area contributed by atoms with Crippen LogP contribution in [0.15, 0.2) is 54.6 Å². The second-order valence-electron chi connectivity index (χ2n) is 4.98. The van der Waals surface area contributed by atoms with E-state index in [0.717, 1.165) is 16.8 Å². The molecule has 2 aromatic carbocycles. The van der Waals surface area contributed by atoms with Crippen LogP contribution in [0.25, 0.3) is 16.9 Å². The molecule has 5 nitrogen and oxygen atoms in total. The molecule has 0 spiro atoms. The summed E-state index contributed by atoms with van der Waals surface area (Å²) >= 11 is 0. The van der Waals surface area contributed by atoms with Gasteiger partial charge < -0.3 is 4.74 Å². The van der Waals surface area contributed by atoms with Crippen LogP contribution in [0.5, 0.6) is 0 Å². The highest BCUT2D eigenvalue weighted by Crippen LogP contribution is 2.26. The standard InChI is InChI=1S/C19H15N3O2/c1-3-14-9-8-12-16(13-14)22-18(15-10-6-5-7-11-15)17(20-21-22)19(23)24-4-2/h1,5-13H,4H2,2H3. The van der Waals surface area contributed by atoms with Crippen molar-refractivity contribution in [2.45, 2.75) is 6.92 Å². The van der Waals surface area contributed by atoms with Gasteiger partial charge in [0.2, 0.25) is 0 Å². The Morgan fingerprint density at radius 3 is 2.71 bits per heavy atom. The first kappa shape index (κ1) is 15.5. The van der Waals surface area contributed by atoms with Gasteiger partial charge in [-0.05, 0) is 25.1 Å². The first-order valence-electron chi connectivity index (χ1n) is 7.50. The SMILES string of the molecule is C#Cc1cccc(-n2nnc(C(=O)OCC)c2-c2ccccc2)c1. The molecule has 0 saturated carbocycles. The number of carbonyl (C=O) groups excluding carboxylic acids is 1. The largest absolute Gasteiger partial charge is 0.461 e. The highest BCUT2D eigenvalue weighted by atomic mass is 16.5. The van der Waals surface area contributed by atoms with Crippen molar-refractivity contribution in [3.63, 3.8) is 0 Å². The molecule has 0 radical (unpaired) electrons. The van der Waals surface area contributed by atoms with E-state index in [0.29, 0.717) is 5.69 Å². The fourth-order valence-corrected chi connectivity index (χ4v) is 2.38. The number of hydrogen-bond acceptors (Lipinski definition) is 4. The molecule has 0 fully saturated rings. The molecule has 24 heavy (non-hydrogen) atoms. The summed E-state index contributed by atoms with van der Waals surface area (Å²) in [6.07, 6.45) is 5.47. The molecule has 0 aliphatic rings. The number of rotatable bonds is 4. The molecule has 0 unspecified atom stereocenters. The summed E-state index contributed by atoms with van der Waals surface area (Å²) in [6, 6.07) is 16.8. The van der Waals surface area contributed by atoms with Crippen LogP contribution < -0.4 is 0 Å². The van der Waals surface area contributed by atoms with E-state index in [1.807, 2.05) is 54.6 Å². The Balaban J connectivity index is 2.20. The summed E-state index contributed by atoms with van der Waals surface area (Å²) in [5.74, 6) is 2.09. The van der Waals surface area contributed by atoms with Crippen LogP contribution in [0.3, 0.4) is 0 Å². The number of carbonyl (C=O) groups is 1. The molecule has 5 heteroatoms. The van der Waals surface area contributed by atoms with Gasteiger partial charge in [-0.25, -0.2) is 9.48 Å². The Labute approximate surface area is 139 Å². The van der Waals surface area contributed by atoms with Gasteiger partial charge in [-0.3, -0.25) is 0 Å². The summed E-state index contributed by atoms with van der Waals surface area (Å²) in [5.41, 5.74) is 3.01. The first-order chi connectivity index (χ1) is 11.7. The van der Waals surface area contributed by atoms with Crippen LogP contribution >= 0.6 is 0 Å². The molecule has 0 bridgehead atoms. The zero-order valence-electron chi connectivity index (χ0n) is 13.1. The molecule has 3 aromatic rings. The Morgan fingerprint density at radius 1 is 1.21 bits per heavy atom. The number of nitrogens with zero attached hydrogens (tertiary/aromatic N) is 3. The maximum absolute atomic E-state index is 12.2. The summed E-state index contributed by atoms with van der Waals surface area (Å²) in [5, 5.41) is 8.17. The molecule has 0 atom stereocenters. The van der Waals surface area contributed by atoms with E-state index in [1.54, 1.807) is 11.6 Å². The van der Waals surface area contributed by atoms with Crippen molar-refractivity contribution in [2.24, 2.45) is 0 Å². The van der Waals surface area contributed by atoms with Crippen molar-refractivity contribution < 1.29 is 9.53 Å². The zero-order chi connectivity index (χ0) is 16.9. The average Bonchev–Trinajstić information content (AvgIpc) is 3.08. The van der Waals surface area contributed by atoms with Crippen LogP contribution in [0, 0.1) is 12.3 Å². The molecule has 0 saturated heterocycles.